The molecule has 1 fully saturated rings. The van der Waals surface area contributed by atoms with Crippen molar-refractivity contribution < 1.29 is 26.4 Å². The van der Waals surface area contributed by atoms with Crippen LogP contribution in [0.1, 0.15) is 50.2 Å². The molecule has 1 aromatic carbocycles. The second-order valence-corrected chi connectivity index (χ2v) is 16.5. The zero-order valence-corrected chi connectivity index (χ0v) is 26.4. The first-order chi connectivity index (χ1) is 19.6. The van der Waals surface area contributed by atoms with Crippen LogP contribution in [0.2, 0.25) is 5.02 Å². The Hall–Kier alpha value is -3.10. The largest absolute Gasteiger partial charge is 0.444 e. The molecule has 5 rings (SSSR count). The molecule has 10 nitrogen and oxygen atoms in total. The Labute approximate surface area is 253 Å². The molecule has 1 unspecified atom stereocenters. The molecular formula is C28H29ClN4O6S3. The number of aromatic nitrogens is 2. The number of carbonyl (C=O) groups is 1. The zero-order chi connectivity index (χ0) is 30.4. The fourth-order valence-corrected chi connectivity index (χ4v) is 7.92. The molecule has 4 aromatic rings. The van der Waals surface area contributed by atoms with Crippen LogP contribution in [0.25, 0.3) is 21.3 Å². The maximum atomic E-state index is 13.2. The highest BCUT2D eigenvalue weighted by Gasteiger charge is 2.39. The summed E-state index contributed by atoms with van der Waals surface area (Å²) < 4.78 is 59.6. The smallest absolute Gasteiger partial charge is 0.413 e. The third kappa shape index (κ3) is 6.92. The number of hydrogen-bond donors (Lipinski definition) is 2. The highest BCUT2D eigenvalue weighted by molar-refractivity contribution is 7.90. The van der Waals surface area contributed by atoms with Crippen LogP contribution in [0.3, 0.4) is 0 Å². The van der Waals surface area contributed by atoms with E-state index in [1.54, 1.807) is 20.8 Å². The minimum absolute atomic E-state index is 0.140. The van der Waals surface area contributed by atoms with Crippen LogP contribution >= 0.6 is 22.9 Å². The summed E-state index contributed by atoms with van der Waals surface area (Å²) in [7, 11) is -7.17. The predicted octanol–water partition coefficient (Wildman–Crippen LogP) is 5.93. The average molecular weight is 649 g/mol. The summed E-state index contributed by atoms with van der Waals surface area (Å²) in [5.41, 5.74) is 0.635. The van der Waals surface area contributed by atoms with Gasteiger partial charge in [-0.2, -0.15) is 0 Å². The Morgan fingerprint density at radius 1 is 1.10 bits per heavy atom. The summed E-state index contributed by atoms with van der Waals surface area (Å²) in [5.74, 6) is 0.142. The normalized spacial score (nSPS) is 15.0. The van der Waals surface area contributed by atoms with Crippen molar-refractivity contribution in [2.75, 3.05) is 11.6 Å². The monoisotopic (exact) mass is 648 g/mol. The number of benzene rings is 1. The maximum Gasteiger partial charge on any atom is 0.413 e. The number of thiophene rings is 1. The zero-order valence-electron chi connectivity index (χ0n) is 23.2. The first kappa shape index (κ1) is 30.4. The fourth-order valence-electron chi connectivity index (χ4n) is 4.24. The number of sulfone groups is 1. The molecule has 1 atom stereocenters. The van der Waals surface area contributed by atoms with Crippen molar-refractivity contribution in [2.24, 2.45) is 0 Å². The Kier molecular flexibility index (Phi) is 8.09. The predicted molar refractivity (Wildman–Crippen MR) is 164 cm³/mol. The number of fused-ring (bicyclic) bond motifs is 1. The third-order valence-corrected chi connectivity index (χ3v) is 10.9. The lowest BCUT2D eigenvalue weighted by atomic mass is 10.1. The molecule has 0 radical (unpaired) electrons. The van der Waals surface area contributed by atoms with Crippen LogP contribution in [-0.2, 0) is 24.6 Å². The van der Waals surface area contributed by atoms with Gasteiger partial charge in [-0.25, -0.2) is 31.3 Å². The molecule has 3 aromatic heterocycles. The Morgan fingerprint density at radius 2 is 1.83 bits per heavy atom. The van der Waals surface area contributed by atoms with E-state index in [0.29, 0.717) is 29.0 Å². The van der Waals surface area contributed by atoms with E-state index < -0.39 is 42.8 Å². The summed E-state index contributed by atoms with van der Waals surface area (Å²) in [4.78, 5) is 22.1. The van der Waals surface area contributed by atoms with Gasteiger partial charge in [0.2, 0.25) is 10.0 Å². The minimum atomic E-state index is -3.71. The lowest BCUT2D eigenvalue weighted by Gasteiger charge is -2.21. The Bertz CT molecular complexity index is 1900. The molecule has 0 spiro atoms. The number of anilines is 1. The van der Waals surface area contributed by atoms with E-state index in [9.17, 15) is 21.6 Å². The van der Waals surface area contributed by atoms with Crippen molar-refractivity contribution >= 4 is 64.8 Å². The van der Waals surface area contributed by atoms with E-state index in [2.05, 4.69) is 20.0 Å². The van der Waals surface area contributed by atoms with E-state index >= 15 is 0 Å². The number of carbonyl (C=O) groups excluding carboxylic acids is 1. The molecule has 0 aliphatic heterocycles. The van der Waals surface area contributed by atoms with Gasteiger partial charge in [0.25, 0.3) is 0 Å². The van der Waals surface area contributed by atoms with Crippen molar-refractivity contribution in [1.82, 2.24) is 14.7 Å². The number of ether oxygens (including phenoxy) is 1. The lowest BCUT2D eigenvalue weighted by Crippen LogP contribution is -2.32. The number of rotatable bonds is 8. The molecule has 222 valence electrons. The summed E-state index contributed by atoms with van der Waals surface area (Å²) in [6.07, 6.45) is 2.98. The maximum absolute atomic E-state index is 13.2. The molecule has 42 heavy (non-hydrogen) atoms. The van der Waals surface area contributed by atoms with Crippen LogP contribution in [0, 0.1) is 0 Å². The van der Waals surface area contributed by atoms with E-state index in [1.165, 1.54) is 41.8 Å². The van der Waals surface area contributed by atoms with Gasteiger partial charge in [-0.1, -0.05) is 29.8 Å². The number of hydrogen-bond acceptors (Lipinski definition) is 9. The van der Waals surface area contributed by atoms with Crippen molar-refractivity contribution in [3.63, 3.8) is 0 Å². The highest BCUT2D eigenvalue weighted by atomic mass is 35.5. The van der Waals surface area contributed by atoms with Crippen LogP contribution in [-0.4, -0.2) is 50.0 Å². The van der Waals surface area contributed by atoms with Crippen LogP contribution in [0.4, 0.5) is 10.6 Å². The summed E-state index contributed by atoms with van der Waals surface area (Å²) >= 11 is 7.91. The highest BCUT2D eigenvalue weighted by Crippen LogP contribution is 2.41. The molecule has 0 saturated heterocycles. The molecule has 0 bridgehead atoms. The summed E-state index contributed by atoms with van der Waals surface area (Å²) in [6.45, 7) is 5.20. The van der Waals surface area contributed by atoms with Crippen LogP contribution in [0.5, 0.6) is 0 Å². The van der Waals surface area contributed by atoms with E-state index in [0.717, 1.165) is 16.3 Å². The summed E-state index contributed by atoms with van der Waals surface area (Å²) in [6, 6.07) is 12.4. The van der Waals surface area contributed by atoms with Crippen molar-refractivity contribution in [3.05, 3.63) is 70.3 Å². The molecule has 14 heteroatoms. The Morgan fingerprint density at radius 3 is 2.50 bits per heavy atom. The van der Waals surface area contributed by atoms with E-state index in [4.69, 9.17) is 16.3 Å². The first-order valence-corrected chi connectivity index (χ1v) is 17.6. The molecule has 1 aliphatic carbocycles. The number of amides is 1. The summed E-state index contributed by atoms with van der Waals surface area (Å²) in [5, 5.41) is 3.08. The Balaban J connectivity index is 1.60. The second kappa shape index (κ2) is 11.2. The fraction of sp³-hybridized carbons (Fsp3) is 0.321. The van der Waals surface area contributed by atoms with Crippen molar-refractivity contribution in [3.8, 4) is 11.3 Å². The topological polar surface area (TPSA) is 144 Å². The number of sulfonamides is 1. The van der Waals surface area contributed by atoms with Gasteiger partial charge < -0.3 is 4.74 Å². The molecule has 1 aliphatic rings. The van der Waals surface area contributed by atoms with Gasteiger partial charge in [0.05, 0.1) is 32.6 Å². The standard InChI is InChI=1S/C28H29ClN4O6S3/c1-28(2,3)39-27(34)32-23-11-10-20(29)24(31-23)25(33-42(37,38)17-8-9-17)22-14-16-6-5-7-19(26(16)40-22)21-15-18(12-13-30-21)41(4,35)36/h5-7,10-15,17,25,33H,8-9H2,1-4H3,(H,31,32,34). The van der Waals surface area contributed by atoms with Crippen molar-refractivity contribution in [2.45, 2.75) is 55.4 Å². The van der Waals surface area contributed by atoms with Crippen molar-refractivity contribution in [1.29, 1.82) is 0 Å². The average Bonchev–Trinajstić information content (AvgIpc) is 3.67. The van der Waals surface area contributed by atoms with Gasteiger partial charge >= 0.3 is 6.09 Å². The first-order valence-electron chi connectivity index (χ1n) is 13.0. The van der Waals surface area contributed by atoms with Gasteiger partial charge in [-0.05, 0) is 69.3 Å². The van der Waals surface area contributed by atoms with E-state index in [1.807, 2.05) is 24.3 Å². The van der Waals surface area contributed by atoms with Crippen LogP contribution in [0.15, 0.2) is 59.6 Å². The number of nitrogens with one attached hydrogen (secondary N) is 2. The van der Waals surface area contributed by atoms with Gasteiger partial charge in [-0.3, -0.25) is 10.3 Å². The van der Waals surface area contributed by atoms with Gasteiger partial charge in [-0.15, -0.1) is 11.3 Å². The van der Waals surface area contributed by atoms with Gasteiger partial charge in [0, 0.05) is 27.6 Å². The van der Waals surface area contributed by atoms with Gasteiger partial charge in [0.15, 0.2) is 9.84 Å². The SMILES string of the molecule is CC(C)(C)OC(=O)Nc1ccc(Cl)c(C(NS(=O)(=O)C2CC2)c2cc3cccc(-c4cc(S(C)(=O)=O)ccn4)c3s2)n1. The molecule has 2 N–H and O–H groups in total. The van der Waals surface area contributed by atoms with Crippen LogP contribution < -0.4 is 10.0 Å². The molecule has 1 saturated carbocycles. The number of halogens is 1. The third-order valence-electron chi connectivity index (χ3n) is 6.30. The second-order valence-electron chi connectivity index (χ2n) is 11.0. The lowest BCUT2D eigenvalue weighted by molar-refractivity contribution is 0.0635. The van der Waals surface area contributed by atoms with E-state index in [-0.39, 0.29) is 21.4 Å². The molecule has 3 heterocycles. The molecule has 1 amide bonds. The number of nitrogens with zero attached hydrogens (tertiary/aromatic N) is 2. The molecular weight excluding hydrogens is 620 g/mol. The number of pyridine rings is 2. The quantitative estimate of drug-likeness (QED) is 0.239. The minimum Gasteiger partial charge on any atom is -0.444 e. The van der Waals surface area contributed by atoms with Gasteiger partial charge in [0.1, 0.15) is 11.4 Å².